The van der Waals surface area contributed by atoms with Gasteiger partial charge in [-0.25, -0.2) is 13.2 Å². The number of halogens is 4. The highest BCUT2D eigenvalue weighted by molar-refractivity contribution is 7.90. The molecular formula is C19H19ClF3N3O5S. The number of alkyl halides is 3. The molecule has 0 aliphatic carbocycles. The second-order valence-electron chi connectivity index (χ2n) is 7.89. The third kappa shape index (κ3) is 3.44. The number of hydrogen-bond donors (Lipinski definition) is 1. The molecule has 0 spiro atoms. The third-order valence-electron chi connectivity index (χ3n) is 6.04. The van der Waals surface area contributed by atoms with Gasteiger partial charge in [-0.1, -0.05) is 11.6 Å². The molecule has 4 rings (SSSR count). The van der Waals surface area contributed by atoms with E-state index in [0.717, 1.165) is 0 Å². The number of pyridine rings is 1. The van der Waals surface area contributed by atoms with Gasteiger partial charge in [0.05, 0.1) is 16.2 Å². The fourth-order valence-electron chi connectivity index (χ4n) is 4.43. The Bertz CT molecular complexity index is 1280. The fourth-order valence-corrected chi connectivity index (χ4v) is 5.71. The lowest BCUT2D eigenvalue weighted by Crippen LogP contribution is -2.52. The molecule has 1 unspecified atom stereocenters. The summed E-state index contributed by atoms with van der Waals surface area (Å²) in [5.74, 6) is -1.35. The first kappa shape index (κ1) is 22.9. The van der Waals surface area contributed by atoms with Crippen molar-refractivity contribution in [3.8, 4) is 0 Å². The number of rotatable bonds is 3. The van der Waals surface area contributed by atoms with Crippen LogP contribution in [0.4, 0.5) is 18.9 Å². The van der Waals surface area contributed by atoms with Crippen LogP contribution in [-0.2, 0) is 16.4 Å². The van der Waals surface area contributed by atoms with E-state index in [1.54, 1.807) is 9.47 Å². The van der Waals surface area contributed by atoms with Crippen molar-refractivity contribution < 1.29 is 31.5 Å². The molecule has 32 heavy (non-hydrogen) atoms. The van der Waals surface area contributed by atoms with E-state index in [1.807, 2.05) is 6.92 Å². The molecule has 0 radical (unpaired) electrons. The highest BCUT2D eigenvalue weighted by Crippen LogP contribution is 2.41. The van der Waals surface area contributed by atoms with E-state index in [0.29, 0.717) is 33.9 Å². The Morgan fingerprint density at radius 1 is 1.22 bits per heavy atom. The van der Waals surface area contributed by atoms with Crippen molar-refractivity contribution in [2.45, 2.75) is 31.3 Å². The minimum atomic E-state index is -5.41. The molecule has 174 valence electrons. The third-order valence-corrected chi connectivity index (χ3v) is 7.96. The Hall–Kier alpha value is -2.31. The number of benzene rings is 1. The summed E-state index contributed by atoms with van der Waals surface area (Å²) >= 11 is 6.49. The number of carbonyl (C=O) groups is 1. The van der Waals surface area contributed by atoms with Crippen LogP contribution >= 0.6 is 11.6 Å². The van der Waals surface area contributed by atoms with Gasteiger partial charge in [0.15, 0.2) is 0 Å². The summed E-state index contributed by atoms with van der Waals surface area (Å²) in [6.07, 6.45) is 2.48. The Kier molecular flexibility index (Phi) is 5.45. The Labute approximate surface area is 185 Å². The molecule has 1 aromatic heterocycles. The number of sulfonamides is 1. The molecule has 0 bridgehead atoms. The smallest absolute Gasteiger partial charge is 0.477 e. The van der Waals surface area contributed by atoms with Crippen LogP contribution in [0.15, 0.2) is 17.1 Å². The number of aromatic nitrogens is 1. The number of piperazine rings is 1. The van der Waals surface area contributed by atoms with Crippen LogP contribution in [-0.4, -0.2) is 60.1 Å². The van der Waals surface area contributed by atoms with Crippen molar-refractivity contribution in [1.29, 1.82) is 0 Å². The summed E-state index contributed by atoms with van der Waals surface area (Å²) in [6.45, 7) is 1.14. The minimum Gasteiger partial charge on any atom is -0.477 e. The van der Waals surface area contributed by atoms with Gasteiger partial charge in [0.25, 0.3) is 0 Å². The van der Waals surface area contributed by atoms with Crippen LogP contribution in [0.3, 0.4) is 0 Å². The summed E-state index contributed by atoms with van der Waals surface area (Å²) < 4.78 is 64.1. The van der Waals surface area contributed by atoms with E-state index in [4.69, 9.17) is 11.6 Å². The summed E-state index contributed by atoms with van der Waals surface area (Å²) in [5.41, 5.74) is -4.61. The molecular weight excluding hydrogens is 475 g/mol. The SMILES string of the molecule is CC1CCc2c(N3CCN(S(=O)(=O)C(F)(F)F)CC3)c(Cl)cc3c(=O)c(C(=O)O)cn1c23. The lowest BCUT2D eigenvalue weighted by molar-refractivity contribution is -0.0490. The molecule has 1 aromatic carbocycles. The van der Waals surface area contributed by atoms with Crippen molar-refractivity contribution in [1.82, 2.24) is 8.87 Å². The molecule has 1 atom stereocenters. The van der Waals surface area contributed by atoms with Gasteiger partial charge in [0, 0.05) is 49.4 Å². The second-order valence-corrected chi connectivity index (χ2v) is 10.2. The highest BCUT2D eigenvalue weighted by atomic mass is 35.5. The molecule has 2 aromatic rings. The number of anilines is 1. The summed E-state index contributed by atoms with van der Waals surface area (Å²) in [7, 11) is -5.41. The van der Waals surface area contributed by atoms with Gasteiger partial charge in [0.1, 0.15) is 5.56 Å². The van der Waals surface area contributed by atoms with Gasteiger partial charge in [-0.15, -0.1) is 0 Å². The summed E-state index contributed by atoms with van der Waals surface area (Å²) in [4.78, 5) is 26.0. The quantitative estimate of drug-likeness (QED) is 0.706. The Balaban J connectivity index is 1.80. The van der Waals surface area contributed by atoms with Gasteiger partial charge in [-0.3, -0.25) is 4.79 Å². The maximum atomic E-state index is 12.9. The van der Waals surface area contributed by atoms with E-state index in [-0.39, 0.29) is 48.2 Å². The van der Waals surface area contributed by atoms with Gasteiger partial charge >= 0.3 is 21.5 Å². The van der Waals surface area contributed by atoms with Crippen LogP contribution in [0.1, 0.15) is 35.3 Å². The molecule has 0 amide bonds. The molecule has 1 saturated heterocycles. The Morgan fingerprint density at radius 2 is 1.84 bits per heavy atom. The van der Waals surface area contributed by atoms with Gasteiger partial charge < -0.3 is 14.6 Å². The molecule has 3 heterocycles. The number of aryl methyl sites for hydroxylation is 1. The molecule has 13 heteroatoms. The molecule has 2 aliphatic rings. The van der Waals surface area contributed by atoms with E-state index in [2.05, 4.69) is 0 Å². The molecule has 2 aliphatic heterocycles. The van der Waals surface area contributed by atoms with Gasteiger partial charge in [0.2, 0.25) is 5.43 Å². The normalized spacial score (nSPS) is 20.0. The zero-order valence-corrected chi connectivity index (χ0v) is 18.4. The first-order chi connectivity index (χ1) is 14.8. The largest absolute Gasteiger partial charge is 0.511 e. The first-order valence-electron chi connectivity index (χ1n) is 9.79. The first-order valence-corrected chi connectivity index (χ1v) is 11.6. The monoisotopic (exact) mass is 493 g/mol. The van der Waals surface area contributed by atoms with Crippen LogP contribution < -0.4 is 10.3 Å². The molecule has 1 N–H and O–H groups in total. The number of hydrogen-bond acceptors (Lipinski definition) is 5. The van der Waals surface area contributed by atoms with Gasteiger partial charge in [-0.2, -0.15) is 17.5 Å². The number of nitrogens with zero attached hydrogens (tertiary/aromatic N) is 3. The lowest BCUT2D eigenvalue weighted by atomic mass is 9.93. The van der Waals surface area contributed by atoms with Crippen LogP contribution in [0.5, 0.6) is 0 Å². The zero-order valence-electron chi connectivity index (χ0n) is 16.8. The van der Waals surface area contributed by atoms with Gasteiger partial charge in [-0.05, 0) is 25.8 Å². The zero-order chi connectivity index (χ0) is 23.6. The van der Waals surface area contributed by atoms with E-state index >= 15 is 0 Å². The van der Waals surface area contributed by atoms with E-state index in [1.165, 1.54) is 12.3 Å². The predicted molar refractivity (Wildman–Crippen MR) is 112 cm³/mol. The van der Waals surface area contributed by atoms with Crippen molar-refractivity contribution in [3.05, 3.63) is 38.6 Å². The number of aromatic carboxylic acids is 1. The fraction of sp³-hybridized carbons (Fsp3) is 0.474. The van der Waals surface area contributed by atoms with Crippen molar-refractivity contribution in [2.75, 3.05) is 31.1 Å². The molecule has 1 fully saturated rings. The number of carboxylic acids is 1. The van der Waals surface area contributed by atoms with Crippen molar-refractivity contribution in [3.63, 3.8) is 0 Å². The standard InChI is InChI=1S/C19H19ClF3N3O5S/c1-10-2-3-11-15-12(17(27)13(18(28)29)9-26(10)15)8-14(20)16(11)24-4-6-25(7-5-24)32(30,31)19(21,22)23/h8-10H,2-7H2,1H3,(H,28,29). The van der Waals surface area contributed by atoms with Crippen LogP contribution in [0.2, 0.25) is 5.02 Å². The average Bonchev–Trinajstić information content (AvgIpc) is 2.71. The van der Waals surface area contributed by atoms with E-state index in [9.17, 15) is 36.3 Å². The lowest BCUT2D eigenvalue weighted by Gasteiger charge is -2.38. The second kappa shape index (κ2) is 7.63. The van der Waals surface area contributed by atoms with E-state index < -0.39 is 26.9 Å². The Morgan fingerprint density at radius 3 is 2.41 bits per heavy atom. The molecule has 8 nitrogen and oxygen atoms in total. The van der Waals surface area contributed by atoms with Crippen LogP contribution in [0, 0.1) is 0 Å². The maximum Gasteiger partial charge on any atom is 0.511 e. The van der Waals surface area contributed by atoms with Crippen LogP contribution in [0.25, 0.3) is 10.9 Å². The average molecular weight is 494 g/mol. The minimum absolute atomic E-state index is 0.0134. The van der Waals surface area contributed by atoms with Crippen molar-refractivity contribution in [2.24, 2.45) is 0 Å². The predicted octanol–water partition coefficient (Wildman–Crippen LogP) is 2.83. The topological polar surface area (TPSA) is 99.9 Å². The summed E-state index contributed by atoms with van der Waals surface area (Å²) in [5, 5.41) is 9.74. The number of carboxylic acid groups (broad SMARTS) is 1. The highest BCUT2D eigenvalue weighted by Gasteiger charge is 2.50. The maximum absolute atomic E-state index is 12.9. The molecule has 0 saturated carbocycles. The summed E-state index contributed by atoms with van der Waals surface area (Å²) in [6, 6.07) is 1.31. The van der Waals surface area contributed by atoms with Crippen molar-refractivity contribution >= 4 is 44.2 Å².